The monoisotopic (exact) mass is 388 g/mol. The normalized spacial score (nSPS) is 33.1. The summed E-state index contributed by atoms with van der Waals surface area (Å²) in [6, 6.07) is 0. The van der Waals surface area contributed by atoms with E-state index in [4.69, 9.17) is 9.84 Å². The first-order valence-corrected chi connectivity index (χ1v) is 8.79. The average Bonchev–Trinajstić information content (AvgIpc) is 2.52. The van der Waals surface area contributed by atoms with Crippen molar-refractivity contribution in [2.24, 2.45) is 5.16 Å². The lowest BCUT2D eigenvalue weighted by Crippen LogP contribution is -2.57. The van der Waals surface area contributed by atoms with E-state index in [0.717, 1.165) is 6.08 Å². The van der Waals surface area contributed by atoms with Gasteiger partial charge in [-0.1, -0.05) is 23.0 Å². The topological polar surface area (TPSA) is 189 Å². The van der Waals surface area contributed by atoms with E-state index in [1.807, 2.05) is 0 Å². The zero-order valence-corrected chi connectivity index (χ0v) is 13.8. The predicted octanol–water partition coefficient (Wildman–Crippen LogP) is -2.75. The number of ether oxygens (including phenoxy) is 1. The summed E-state index contributed by atoms with van der Waals surface area (Å²) >= 11 is 0.542. The van der Waals surface area contributed by atoms with Gasteiger partial charge in [-0.25, -0.2) is 0 Å². The highest BCUT2D eigenvalue weighted by Crippen LogP contribution is 2.30. The smallest absolute Gasteiger partial charge is 0.284 e. The average molecular weight is 388 g/mol. The number of aliphatic hydroxyl groups is 5. The van der Waals surface area contributed by atoms with Crippen molar-refractivity contribution in [3.63, 3.8) is 0 Å². The largest absolute Gasteiger partial charge is 0.714 e. The summed E-state index contributed by atoms with van der Waals surface area (Å²) in [5.41, 5.74) is -1.28. The minimum Gasteiger partial charge on any atom is -0.714 e. The van der Waals surface area contributed by atoms with Gasteiger partial charge >= 0.3 is 0 Å². The molecule has 13 heteroatoms. The fourth-order valence-electron chi connectivity index (χ4n) is 1.76. The van der Waals surface area contributed by atoms with Gasteiger partial charge < -0.3 is 34.8 Å². The van der Waals surface area contributed by atoms with E-state index < -0.39 is 53.0 Å². The van der Waals surface area contributed by atoms with Gasteiger partial charge in [0, 0.05) is 6.42 Å². The first-order chi connectivity index (χ1) is 11.1. The first-order valence-electron chi connectivity index (χ1n) is 6.58. The molecule has 0 amide bonds. The fraction of sp³-hybridized carbons (Fsp3) is 0.727. The van der Waals surface area contributed by atoms with Crippen molar-refractivity contribution in [2.75, 3.05) is 6.61 Å². The molecule has 11 nitrogen and oxygen atoms in total. The second-order valence-corrected chi connectivity index (χ2v) is 6.93. The van der Waals surface area contributed by atoms with Crippen LogP contribution in [0.5, 0.6) is 0 Å². The lowest BCUT2D eigenvalue weighted by Gasteiger charge is -2.39. The van der Waals surface area contributed by atoms with Gasteiger partial charge in [-0.05, 0) is 0 Å². The lowest BCUT2D eigenvalue weighted by molar-refractivity contribution is -0.205. The van der Waals surface area contributed by atoms with Gasteiger partial charge in [0.15, 0.2) is 0 Å². The van der Waals surface area contributed by atoms with Crippen LogP contribution in [0.25, 0.3) is 0 Å². The Kier molecular flexibility index (Phi) is 8.04. The SMILES string of the molecule is C=CC(O)C/C(=N/OS(=O)(=O)[O-])SC1OC(CO)C(O)C(O)C1O. The Morgan fingerprint density at radius 1 is 1.38 bits per heavy atom. The van der Waals surface area contributed by atoms with Crippen molar-refractivity contribution in [3.05, 3.63) is 12.7 Å². The third-order valence-electron chi connectivity index (χ3n) is 2.99. The standard InChI is InChI=1S/C11H19NO10S2/c1-2-5(14)3-7(12-22-24(18,19)20)23-11-10(17)9(16)8(15)6(4-13)21-11/h2,5-6,8-11,13-17H,1,3-4H2,(H,18,19,20)/p-1/b12-7-. The van der Waals surface area contributed by atoms with E-state index in [0.29, 0.717) is 11.8 Å². The van der Waals surface area contributed by atoms with Crippen LogP contribution in [0.1, 0.15) is 6.42 Å². The minimum absolute atomic E-state index is 0.258. The van der Waals surface area contributed by atoms with Crippen molar-refractivity contribution in [1.82, 2.24) is 0 Å². The Balaban J connectivity index is 2.92. The number of aliphatic hydroxyl groups excluding tert-OH is 5. The maximum absolute atomic E-state index is 10.5. The van der Waals surface area contributed by atoms with Gasteiger partial charge in [-0.3, -0.25) is 4.28 Å². The number of hydrogen-bond donors (Lipinski definition) is 5. The summed E-state index contributed by atoms with van der Waals surface area (Å²) in [4.78, 5) is 0. The van der Waals surface area contributed by atoms with E-state index in [1.165, 1.54) is 0 Å². The summed E-state index contributed by atoms with van der Waals surface area (Å²) in [5, 5.41) is 50.7. The molecule has 1 aliphatic heterocycles. The molecule has 24 heavy (non-hydrogen) atoms. The van der Waals surface area contributed by atoms with E-state index in [9.17, 15) is 33.4 Å². The van der Waals surface area contributed by atoms with Gasteiger partial charge in [0.05, 0.1) is 12.7 Å². The molecular weight excluding hydrogens is 370 g/mol. The number of thioether (sulfide) groups is 1. The lowest BCUT2D eigenvalue weighted by atomic mass is 10.0. The molecule has 5 N–H and O–H groups in total. The highest BCUT2D eigenvalue weighted by atomic mass is 32.3. The number of hydrogen-bond acceptors (Lipinski definition) is 12. The minimum atomic E-state index is -5.14. The molecule has 0 aromatic rings. The van der Waals surface area contributed by atoms with Crippen LogP contribution in [0.3, 0.4) is 0 Å². The molecule has 140 valence electrons. The first kappa shape index (κ1) is 21.3. The molecule has 0 saturated carbocycles. The molecule has 0 aliphatic carbocycles. The maximum atomic E-state index is 10.5. The molecule has 1 saturated heterocycles. The number of nitrogens with zero attached hydrogens (tertiary/aromatic N) is 1. The van der Waals surface area contributed by atoms with Crippen LogP contribution in [0.15, 0.2) is 17.8 Å². The number of oxime groups is 1. The van der Waals surface area contributed by atoms with Crippen molar-refractivity contribution in [3.8, 4) is 0 Å². The Morgan fingerprint density at radius 3 is 2.50 bits per heavy atom. The molecule has 0 aromatic carbocycles. The summed E-state index contributed by atoms with van der Waals surface area (Å²) in [6.07, 6.45) is -6.41. The van der Waals surface area contributed by atoms with Gasteiger partial charge in [-0.2, -0.15) is 8.42 Å². The molecule has 6 atom stereocenters. The number of rotatable bonds is 7. The fourth-order valence-corrected chi connectivity index (χ4v) is 3.10. The van der Waals surface area contributed by atoms with Gasteiger partial charge in [0.25, 0.3) is 10.4 Å². The second kappa shape index (κ2) is 9.07. The van der Waals surface area contributed by atoms with E-state index >= 15 is 0 Å². The molecule has 1 aliphatic rings. The van der Waals surface area contributed by atoms with Crippen LogP contribution < -0.4 is 0 Å². The predicted molar refractivity (Wildman–Crippen MR) is 80.4 cm³/mol. The van der Waals surface area contributed by atoms with E-state index in [1.54, 1.807) is 0 Å². The van der Waals surface area contributed by atoms with Crippen LogP contribution in [0, 0.1) is 0 Å². The van der Waals surface area contributed by atoms with E-state index in [2.05, 4.69) is 16.0 Å². The van der Waals surface area contributed by atoms with Crippen LogP contribution in [-0.2, 0) is 19.4 Å². The molecule has 0 aromatic heterocycles. The van der Waals surface area contributed by atoms with Crippen LogP contribution in [-0.4, -0.2) is 86.1 Å². The molecule has 0 bridgehead atoms. The van der Waals surface area contributed by atoms with Gasteiger partial charge in [0.2, 0.25) is 0 Å². The molecule has 1 fully saturated rings. The highest BCUT2D eigenvalue weighted by Gasteiger charge is 2.44. The van der Waals surface area contributed by atoms with Crippen molar-refractivity contribution >= 4 is 27.2 Å². The van der Waals surface area contributed by atoms with Gasteiger partial charge in [-0.15, -0.1) is 6.58 Å². The molecule has 0 radical (unpaired) electrons. The molecular formula is C11H18NO10S2-. The molecule has 0 spiro atoms. The summed E-state index contributed by atoms with van der Waals surface area (Å²) in [7, 11) is -5.14. The zero-order valence-electron chi connectivity index (χ0n) is 12.2. The molecule has 1 rings (SSSR count). The Morgan fingerprint density at radius 2 is 2.00 bits per heavy atom. The zero-order chi connectivity index (χ0) is 18.5. The Bertz CT molecular complexity index is 551. The Labute approximate surface area is 142 Å². The third kappa shape index (κ3) is 6.27. The summed E-state index contributed by atoms with van der Waals surface area (Å²) in [5.74, 6) is 0. The maximum Gasteiger partial charge on any atom is 0.284 e. The van der Waals surface area contributed by atoms with Crippen LogP contribution >= 0.6 is 11.8 Å². The van der Waals surface area contributed by atoms with E-state index in [-0.39, 0.29) is 11.5 Å². The van der Waals surface area contributed by atoms with Gasteiger partial charge in [0.1, 0.15) is 34.9 Å². The highest BCUT2D eigenvalue weighted by molar-refractivity contribution is 8.14. The van der Waals surface area contributed by atoms with Crippen LogP contribution in [0.4, 0.5) is 0 Å². The summed E-state index contributed by atoms with van der Waals surface area (Å²) < 4.78 is 40.4. The van der Waals surface area contributed by atoms with Crippen LogP contribution in [0.2, 0.25) is 0 Å². The molecule has 1 heterocycles. The third-order valence-corrected chi connectivity index (χ3v) is 4.38. The molecule has 6 unspecified atom stereocenters. The Hall–Kier alpha value is -0.770. The summed E-state index contributed by atoms with van der Waals surface area (Å²) in [6.45, 7) is 2.65. The van der Waals surface area contributed by atoms with Crippen molar-refractivity contribution < 1.29 is 47.5 Å². The quantitative estimate of drug-likeness (QED) is 0.0759. The van der Waals surface area contributed by atoms with Crippen molar-refractivity contribution in [1.29, 1.82) is 0 Å². The van der Waals surface area contributed by atoms with Crippen molar-refractivity contribution in [2.45, 2.75) is 42.4 Å². The second-order valence-electron chi connectivity index (χ2n) is 4.79.